The Labute approximate surface area is 114 Å². The molecule has 0 saturated carbocycles. The van der Waals surface area contributed by atoms with Gasteiger partial charge in [-0.3, -0.25) is 10.6 Å². The van der Waals surface area contributed by atoms with Crippen LogP contribution in [0.5, 0.6) is 0 Å². The molecule has 2 aromatic carbocycles. The van der Waals surface area contributed by atoms with E-state index in [1.54, 1.807) is 24.3 Å². The van der Waals surface area contributed by atoms with Gasteiger partial charge in [-0.25, -0.2) is 4.39 Å². The number of hydrazine groups is 1. The molecule has 2 rings (SSSR count). The number of nitrogens with one attached hydrogen (secondary N) is 2. The highest BCUT2D eigenvalue weighted by Gasteiger charge is 2.12. The fourth-order valence-corrected chi connectivity index (χ4v) is 1.80. The van der Waals surface area contributed by atoms with Gasteiger partial charge < -0.3 is 10.7 Å². The molecule has 0 atom stereocenters. The van der Waals surface area contributed by atoms with E-state index >= 15 is 0 Å². The van der Waals surface area contributed by atoms with E-state index in [9.17, 15) is 9.18 Å². The molecule has 4 nitrogen and oxygen atoms in total. The lowest BCUT2D eigenvalue weighted by molar-refractivity contribution is 0.102. The Morgan fingerprint density at radius 1 is 1.16 bits per heavy atom. The summed E-state index contributed by atoms with van der Waals surface area (Å²) >= 11 is 5.84. The first-order valence-electron chi connectivity index (χ1n) is 5.44. The molecule has 0 heterocycles. The minimum atomic E-state index is -0.466. The number of hydrogen-bond donors (Lipinski definition) is 3. The van der Waals surface area contributed by atoms with E-state index in [0.717, 1.165) is 6.07 Å². The Morgan fingerprint density at radius 2 is 1.89 bits per heavy atom. The van der Waals surface area contributed by atoms with Gasteiger partial charge in [0, 0.05) is 0 Å². The number of para-hydroxylation sites is 1. The molecular weight excluding hydrogens is 269 g/mol. The monoisotopic (exact) mass is 279 g/mol. The Bertz CT molecular complexity index is 619. The highest BCUT2D eigenvalue weighted by Crippen LogP contribution is 2.24. The van der Waals surface area contributed by atoms with Crippen molar-refractivity contribution in [2.24, 2.45) is 5.84 Å². The van der Waals surface area contributed by atoms with E-state index in [-0.39, 0.29) is 10.9 Å². The number of nitrogens with two attached hydrogens (primary N) is 1. The van der Waals surface area contributed by atoms with E-state index in [4.69, 9.17) is 17.4 Å². The molecule has 0 aromatic heterocycles. The van der Waals surface area contributed by atoms with Crippen molar-refractivity contribution in [2.45, 2.75) is 0 Å². The molecule has 4 N–H and O–H groups in total. The Balaban J connectivity index is 2.26. The van der Waals surface area contributed by atoms with Crippen LogP contribution in [0.3, 0.4) is 0 Å². The molecule has 19 heavy (non-hydrogen) atoms. The summed E-state index contributed by atoms with van der Waals surface area (Å²) in [6, 6.07) is 10.5. The number of anilines is 2. The normalized spacial score (nSPS) is 10.1. The molecule has 0 bridgehead atoms. The van der Waals surface area contributed by atoms with Crippen molar-refractivity contribution in [2.75, 3.05) is 10.7 Å². The van der Waals surface area contributed by atoms with Gasteiger partial charge in [-0.15, -0.1) is 0 Å². The molecule has 98 valence electrons. The van der Waals surface area contributed by atoms with Crippen LogP contribution in [0.4, 0.5) is 15.8 Å². The summed E-state index contributed by atoms with van der Waals surface area (Å²) in [6.07, 6.45) is 0. The third-order valence-corrected chi connectivity index (χ3v) is 2.82. The van der Waals surface area contributed by atoms with Crippen molar-refractivity contribution in [3.8, 4) is 0 Å². The van der Waals surface area contributed by atoms with Gasteiger partial charge in [-0.05, 0) is 30.3 Å². The van der Waals surface area contributed by atoms with Crippen LogP contribution in [-0.4, -0.2) is 5.91 Å². The lowest BCUT2D eigenvalue weighted by Crippen LogP contribution is -2.17. The SMILES string of the molecule is NNc1ccccc1C(=O)Nc1ccc(F)cc1Cl. The van der Waals surface area contributed by atoms with Crippen LogP contribution < -0.4 is 16.6 Å². The largest absolute Gasteiger partial charge is 0.323 e. The number of amides is 1. The first-order chi connectivity index (χ1) is 9.11. The second-order valence-electron chi connectivity index (χ2n) is 3.77. The number of benzene rings is 2. The van der Waals surface area contributed by atoms with E-state index in [0.29, 0.717) is 16.9 Å². The zero-order chi connectivity index (χ0) is 13.8. The number of halogens is 2. The molecule has 0 aliphatic rings. The quantitative estimate of drug-likeness (QED) is 0.598. The molecule has 0 aliphatic carbocycles. The minimum absolute atomic E-state index is 0.131. The topological polar surface area (TPSA) is 67.1 Å². The fourth-order valence-electron chi connectivity index (χ4n) is 1.59. The molecule has 0 spiro atoms. The lowest BCUT2D eigenvalue weighted by atomic mass is 10.1. The van der Waals surface area contributed by atoms with Crippen LogP contribution in [0.25, 0.3) is 0 Å². The van der Waals surface area contributed by atoms with Gasteiger partial charge in [0.1, 0.15) is 5.82 Å². The van der Waals surface area contributed by atoms with Crippen molar-refractivity contribution in [3.05, 3.63) is 58.9 Å². The summed E-state index contributed by atoms with van der Waals surface area (Å²) in [5.74, 6) is 4.47. The third kappa shape index (κ3) is 3.01. The van der Waals surface area contributed by atoms with Crippen molar-refractivity contribution in [1.29, 1.82) is 0 Å². The van der Waals surface area contributed by atoms with Gasteiger partial charge in [0.25, 0.3) is 5.91 Å². The van der Waals surface area contributed by atoms with Crippen molar-refractivity contribution >= 4 is 28.9 Å². The predicted octanol–water partition coefficient (Wildman–Crippen LogP) is 3.02. The van der Waals surface area contributed by atoms with Crippen LogP contribution in [-0.2, 0) is 0 Å². The van der Waals surface area contributed by atoms with Crippen LogP contribution in [0.1, 0.15) is 10.4 Å². The molecule has 2 aromatic rings. The number of carbonyl (C=O) groups is 1. The second kappa shape index (κ2) is 5.69. The summed E-state index contributed by atoms with van der Waals surface area (Å²) < 4.78 is 12.9. The molecule has 0 aliphatic heterocycles. The second-order valence-corrected chi connectivity index (χ2v) is 4.18. The van der Waals surface area contributed by atoms with Crippen LogP contribution in [0.2, 0.25) is 5.02 Å². The van der Waals surface area contributed by atoms with Gasteiger partial charge in [0.05, 0.1) is 22.0 Å². The maximum atomic E-state index is 12.9. The summed E-state index contributed by atoms with van der Waals surface area (Å²) in [5, 5.41) is 2.73. The van der Waals surface area contributed by atoms with Gasteiger partial charge >= 0.3 is 0 Å². The van der Waals surface area contributed by atoms with E-state index in [2.05, 4.69) is 10.7 Å². The maximum absolute atomic E-state index is 12.9. The van der Waals surface area contributed by atoms with Gasteiger partial charge in [-0.1, -0.05) is 23.7 Å². The summed E-state index contributed by atoms with van der Waals surface area (Å²) in [7, 11) is 0. The highest BCUT2D eigenvalue weighted by molar-refractivity contribution is 6.34. The standard InChI is InChI=1S/C13H11ClFN3O/c14-10-7-8(15)5-6-12(10)17-13(19)9-3-1-2-4-11(9)18-16/h1-7,18H,16H2,(H,17,19). The molecule has 0 saturated heterocycles. The van der Waals surface area contributed by atoms with Gasteiger partial charge in [-0.2, -0.15) is 0 Å². The summed E-state index contributed by atoms with van der Waals surface area (Å²) in [5.41, 5.74) is 3.62. The Kier molecular flexibility index (Phi) is 3.99. The molecule has 0 fully saturated rings. The van der Waals surface area contributed by atoms with Gasteiger partial charge in [0.15, 0.2) is 0 Å². The van der Waals surface area contributed by atoms with E-state index < -0.39 is 5.82 Å². The Morgan fingerprint density at radius 3 is 2.58 bits per heavy atom. The van der Waals surface area contributed by atoms with Crippen LogP contribution in [0.15, 0.2) is 42.5 Å². The Hall–Kier alpha value is -2.11. The summed E-state index contributed by atoms with van der Waals surface area (Å²) in [4.78, 5) is 12.1. The van der Waals surface area contributed by atoms with Crippen molar-refractivity contribution in [3.63, 3.8) is 0 Å². The zero-order valence-electron chi connectivity index (χ0n) is 9.78. The third-order valence-electron chi connectivity index (χ3n) is 2.51. The number of rotatable bonds is 3. The number of nitrogen functional groups attached to an aromatic ring is 1. The smallest absolute Gasteiger partial charge is 0.257 e. The number of hydrogen-bond acceptors (Lipinski definition) is 3. The molecular formula is C13H11ClFN3O. The summed E-state index contributed by atoms with van der Waals surface area (Å²) in [6.45, 7) is 0. The molecule has 6 heteroatoms. The van der Waals surface area contributed by atoms with Crippen molar-refractivity contribution in [1.82, 2.24) is 0 Å². The first-order valence-corrected chi connectivity index (χ1v) is 5.81. The van der Waals surface area contributed by atoms with E-state index in [1.807, 2.05) is 0 Å². The molecule has 1 amide bonds. The minimum Gasteiger partial charge on any atom is -0.323 e. The molecule has 0 unspecified atom stereocenters. The lowest BCUT2D eigenvalue weighted by Gasteiger charge is -2.10. The average Bonchev–Trinajstić information content (AvgIpc) is 2.41. The van der Waals surface area contributed by atoms with Crippen molar-refractivity contribution < 1.29 is 9.18 Å². The maximum Gasteiger partial charge on any atom is 0.257 e. The van der Waals surface area contributed by atoms with E-state index in [1.165, 1.54) is 12.1 Å². The van der Waals surface area contributed by atoms with Crippen LogP contribution >= 0.6 is 11.6 Å². The number of carbonyl (C=O) groups excluding carboxylic acids is 1. The van der Waals surface area contributed by atoms with Crippen LogP contribution in [0, 0.1) is 5.82 Å². The van der Waals surface area contributed by atoms with Gasteiger partial charge in [0.2, 0.25) is 0 Å². The molecule has 0 radical (unpaired) electrons. The highest BCUT2D eigenvalue weighted by atomic mass is 35.5. The first kappa shape index (κ1) is 13.3. The zero-order valence-corrected chi connectivity index (χ0v) is 10.5. The average molecular weight is 280 g/mol. The fraction of sp³-hybridized carbons (Fsp3) is 0. The predicted molar refractivity (Wildman–Crippen MR) is 73.6 cm³/mol.